The van der Waals surface area contributed by atoms with E-state index in [9.17, 15) is 46.0 Å². The van der Waals surface area contributed by atoms with E-state index >= 15 is 0 Å². The van der Waals surface area contributed by atoms with E-state index in [1.165, 1.54) is 6.92 Å². The van der Waals surface area contributed by atoms with Crippen molar-refractivity contribution < 1.29 is 83.9 Å². The fourth-order valence-electron chi connectivity index (χ4n) is 7.19. The van der Waals surface area contributed by atoms with Gasteiger partial charge in [0.2, 0.25) is 0 Å². The third kappa shape index (κ3) is 9.05. The number of nitrogens with zero attached hydrogens (tertiary/aromatic N) is 3. The van der Waals surface area contributed by atoms with Crippen LogP contribution in [0, 0.1) is 0 Å². The van der Waals surface area contributed by atoms with Crippen LogP contribution in [0.1, 0.15) is 19.8 Å². The van der Waals surface area contributed by atoms with E-state index in [0.717, 1.165) is 0 Å². The van der Waals surface area contributed by atoms with Gasteiger partial charge in [0.25, 0.3) is 0 Å². The van der Waals surface area contributed by atoms with Crippen molar-refractivity contribution in [2.24, 2.45) is 28.0 Å². The second-order valence-electron chi connectivity index (χ2n) is 14.1. The van der Waals surface area contributed by atoms with Crippen molar-refractivity contribution >= 4 is 0 Å². The first kappa shape index (κ1) is 42.6. The molecule has 0 aromatic rings. The fourth-order valence-corrected chi connectivity index (χ4v) is 7.19. The minimum atomic E-state index is -1.77. The monoisotopic (exact) mass is 771 g/mol. The Morgan fingerprint density at radius 2 is 1.21 bits per heavy atom. The lowest BCUT2D eigenvalue weighted by Gasteiger charge is -2.46. The highest BCUT2D eigenvalue weighted by atomic mass is 16.8. The molecular weight excluding hydrogens is 718 g/mol. The highest BCUT2D eigenvalue weighted by molar-refractivity contribution is 5.02. The summed E-state index contributed by atoms with van der Waals surface area (Å²) in [6.07, 6.45) is -26.3. The molecule has 53 heavy (non-hydrogen) atoms. The molecule has 0 amide bonds. The Bertz CT molecular complexity index is 1230. The van der Waals surface area contributed by atoms with Gasteiger partial charge in [0.1, 0.15) is 61.0 Å². The molecule has 0 aromatic heterocycles. The lowest BCUT2D eigenvalue weighted by Crippen LogP contribution is -2.66. The number of hydrogen-bond acceptors (Lipinski definition) is 22. The zero-order valence-electron chi connectivity index (χ0n) is 28.8. The van der Waals surface area contributed by atoms with Gasteiger partial charge in [0.15, 0.2) is 25.2 Å². The van der Waals surface area contributed by atoms with Crippen LogP contribution in [0.2, 0.25) is 0 Å². The van der Waals surface area contributed by atoms with E-state index in [2.05, 4.69) is 10.0 Å². The molecule has 24 nitrogen and oxygen atoms in total. The summed E-state index contributed by atoms with van der Waals surface area (Å²) in [4.78, 5) is 2.73. The van der Waals surface area contributed by atoms with Gasteiger partial charge in [0, 0.05) is 23.4 Å². The summed E-state index contributed by atoms with van der Waals surface area (Å²) in [5, 5.41) is 97.4. The number of azide groups is 1. The van der Waals surface area contributed by atoms with E-state index in [-0.39, 0.29) is 12.8 Å². The van der Waals surface area contributed by atoms with Crippen LogP contribution in [0.5, 0.6) is 0 Å². The summed E-state index contributed by atoms with van der Waals surface area (Å²) in [6.45, 7) is -0.0670. The minimum absolute atomic E-state index is 0.0494. The SMILES string of the molecule is CC1OC(OC2C(CN=[N+]=[N-])OC(OC3C(O)C(N)CC(N)C3OC3OC(CO)CC(O)C3N)C2O)C(N)C(O)C1OC1OC(CO)C(O)C(O)C1O. The van der Waals surface area contributed by atoms with Crippen LogP contribution < -0.4 is 22.9 Å². The molecule has 306 valence electrons. The summed E-state index contributed by atoms with van der Waals surface area (Å²) in [6, 6.07) is -4.23. The molecule has 5 rings (SSSR count). The minimum Gasteiger partial charge on any atom is -0.394 e. The van der Waals surface area contributed by atoms with Crippen molar-refractivity contribution in [1.82, 2.24) is 0 Å². The molecule has 0 spiro atoms. The van der Waals surface area contributed by atoms with Gasteiger partial charge < -0.3 is 107 Å². The molecule has 0 radical (unpaired) electrons. The van der Waals surface area contributed by atoms with Crippen molar-refractivity contribution in [3.63, 3.8) is 0 Å². The van der Waals surface area contributed by atoms with Crippen LogP contribution >= 0.6 is 0 Å². The molecule has 17 N–H and O–H groups in total. The summed E-state index contributed by atoms with van der Waals surface area (Å²) >= 11 is 0. The van der Waals surface area contributed by atoms with Gasteiger partial charge in [-0.2, -0.15) is 0 Å². The Balaban J connectivity index is 1.29. The molecular formula is C29H53N7O17. The first-order valence-electron chi connectivity index (χ1n) is 17.4. The molecule has 4 heterocycles. The van der Waals surface area contributed by atoms with E-state index in [0.29, 0.717) is 0 Å². The second kappa shape index (κ2) is 18.2. The Morgan fingerprint density at radius 3 is 1.87 bits per heavy atom. The maximum atomic E-state index is 11.5. The van der Waals surface area contributed by atoms with Gasteiger partial charge in [-0.3, -0.25) is 0 Å². The Morgan fingerprint density at radius 1 is 0.604 bits per heavy atom. The number of aliphatic hydroxyl groups excluding tert-OH is 9. The molecule has 1 aliphatic carbocycles. The smallest absolute Gasteiger partial charge is 0.187 e. The predicted octanol–water partition coefficient (Wildman–Crippen LogP) is -7.63. The molecule has 5 aliphatic rings. The van der Waals surface area contributed by atoms with Gasteiger partial charge in [-0.25, -0.2) is 0 Å². The lowest BCUT2D eigenvalue weighted by atomic mass is 9.84. The normalized spacial score (nSPS) is 52.2. The molecule has 23 atom stereocenters. The quantitative estimate of drug-likeness (QED) is 0.0498. The maximum Gasteiger partial charge on any atom is 0.187 e. The first-order valence-corrected chi connectivity index (χ1v) is 17.4. The van der Waals surface area contributed by atoms with Crippen molar-refractivity contribution in [3.8, 4) is 0 Å². The number of rotatable bonds is 12. The van der Waals surface area contributed by atoms with Crippen LogP contribution in [-0.4, -0.2) is 207 Å². The summed E-state index contributed by atoms with van der Waals surface area (Å²) in [7, 11) is 0. The molecule has 4 saturated heterocycles. The predicted molar refractivity (Wildman–Crippen MR) is 171 cm³/mol. The first-order chi connectivity index (χ1) is 25.1. The van der Waals surface area contributed by atoms with Crippen molar-refractivity contribution in [2.75, 3.05) is 19.8 Å². The van der Waals surface area contributed by atoms with E-state index in [4.69, 9.17) is 66.4 Å². The topological polar surface area (TPSA) is 409 Å². The average molecular weight is 772 g/mol. The third-order valence-corrected chi connectivity index (χ3v) is 10.3. The molecule has 0 bridgehead atoms. The maximum absolute atomic E-state index is 11.5. The molecule has 5 fully saturated rings. The standard InChI is InChI=1S/C29H53N7O17/c1-7-22(50-28-20(44)19(43)17(41)13(6-38)49-28)18(42)15(33)27(46-7)52-24-12(4-35-36-34)48-29(21(24)45)53-25-16(40)9(30)3-10(31)23(25)51-26-14(32)11(39)2-8(5-37)47-26/h7-29,37-45H,2-6,30-33H2,1H3. The number of aliphatic hydroxyl groups is 9. The van der Waals surface area contributed by atoms with Crippen LogP contribution in [0.4, 0.5) is 0 Å². The largest absolute Gasteiger partial charge is 0.394 e. The van der Waals surface area contributed by atoms with Crippen LogP contribution in [-0.2, 0) is 37.9 Å². The molecule has 4 aliphatic heterocycles. The van der Waals surface area contributed by atoms with Crippen LogP contribution in [0.25, 0.3) is 10.4 Å². The van der Waals surface area contributed by atoms with Gasteiger partial charge >= 0.3 is 0 Å². The van der Waals surface area contributed by atoms with Crippen LogP contribution in [0.15, 0.2) is 5.11 Å². The highest BCUT2D eigenvalue weighted by Gasteiger charge is 2.55. The Kier molecular flexibility index (Phi) is 14.6. The second-order valence-corrected chi connectivity index (χ2v) is 14.1. The number of ether oxygens (including phenoxy) is 8. The number of nitrogens with two attached hydrogens (primary N) is 4. The van der Waals surface area contributed by atoms with Crippen LogP contribution in [0.3, 0.4) is 0 Å². The number of hydrogen-bond donors (Lipinski definition) is 13. The molecule has 0 aromatic carbocycles. The molecule has 23 unspecified atom stereocenters. The summed E-state index contributed by atoms with van der Waals surface area (Å²) < 4.78 is 46.7. The van der Waals surface area contributed by atoms with Crippen molar-refractivity contribution in [2.45, 2.75) is 161 Å². The van der Waals surface area contributed by atoms with Crippen molar-refractivity contribution in [1.29, 1.82) is 0 Å². The fraction of sp³-hybridized carbons (Fsp3) is 1.00. The summed E-state index contributed by atoms with van der Waals surface area (Å²) in [5.41, 5.74) is 33.9. The lowest BCUT2D eigenvalue weighted by molar-refractivity contribution is -0.347. The van der Waals surface area contributed by atoms with Gasteiger partial charge in [-0.05, 0) is 18.9 Å². The zero-order valence-corrected chi connectivity index (χ0v) is 28.8. The Hall–Kier alpha value is -1.53. The van der Waals surface area contributed by atoms with E-state index in [1.54, 1.807) is 0 Å². The van der Waals surface area contributed by atoms with E-state index < -0.39 is 161 Å². The third-order valence-electron chi connectivity index (χ3n) is 10.3. The van der Waals surface area contributed by atoms with Gasteiger partial charge in [0.05, 0.1) is 62.4 Å². The zero-order chi connectivity index (χ0) is 38.9. The Labute approximate surface area is 302 Å². The summed E-state index contributed by atoms with van der Waals surface area (Å²) in [5.74, 6) is 0. The van der Waals surface area contributed by atoms with Gasteiger partial charge in [-0.1, -0.05) is 5.11 Å². The van der Waals surface area contributed by atoms with Crippen molar-refractivity contribution in [3.05, 3.63) is 10.4 Å². The molecule has 24 heteroatoms. The van der Waals surface area contributed by atoms with Gasteiger partial charge in [-0.15, -0.1) is 0 Å². The highest BCUT2D eigenvalue weighted by Crippen LogP contribution is 2.35. The van der Waals surface area contributed by atoms with E-state index in [1.807, 2.05) is 0 Å². The average Bonchev–Trinajstić information content (AvgIpc) is 3.42. The molecule has 1 saturated carbocycles.